The second-order valence-corrected chi connectivity index (χ2v) is 4.25. The molecule has 0 bridgehead atoms. The Morgan fingerprint density at radius 2 is 2.35 bits per heavy atom. The Balaban J connectivity index is 2.36. The lowest BCUT2D eigenvalue weighted by molar-refractivity contribution is -0.117. The summed E-state index contributed by atoms with van der Waals surface area (Å²) < 4.78 is 0. The molecule has 1 unspecified atom stereocenters. The van der Waals surface area contributed by atoms with Gasteiger partial charge in [-0.1, -0.05) is 12.1 Å². The van der Waals surface area contributed by atoms with Crippen molar-refractivity contribution in [2.75, 3.05) is 11.4 Å². The summed E-state index contributed by atoms with van der Waals surface area (Å²) >= 11 is 0. The molecule has 0 aromatic heterocycles. The van der Waals surface area contributed by atoms with Crippen molar-refractivity contribution in [1.29, 1.82) is 5.26 Å². The Morgan fingerprint density at radius 3 is 3.00 bits per heavy atom. The van der Waals surface area contributed by atoms with Gasteiger partial charge >= 0.3 is 0 Å². The lowest BCUT2D eigenvalue weighted by atomic mass is 10.1. The molecule has 2 rings (SSSR count). The zero-order valence-electron chi connectivity index (χ0n) is 9.81. The third-order valence-electron chi connectivity index (χ3n) is 3.02. The molecule has 0 radical (unpaired) electrons. The van der Waals surface area contributed by atoms with Crippen molar-refractivity contribution in [3.8, 4) is 6.07 Å². The average Bonchev–Trinajstić information content (AvgIpc) is 2.64. The van der Waals surface area contributed by atoms with E-state index in [0.717, 1.165) is 23.2 Å². The summed E-state index contributed by atoms with van der Waals surface area (Å²) in [6.45, 7) is 2.34. The number of carbonyl (C=O) groups excluding carboxylic acids is 1. The van der Waals surface area contributed by atoms with Gasteiger partial charge in [0.25, 0.3) is 0 Å². The van der Waals surface area contributed by atoms with Gasteiger partial charge in [0.1, 0.15) is 6.04 Å². The Labute approximate surface area is 101 Å². The molecule has 1 aliphatic rings. The third-order valence-corrected chi connectivity index (χ3v) is 3.02. The van der Waals surface area contributed by atoms with Crippen molar-refractivity contribution in [3.63, 3.8) is 0 Å². The van der Waals surface area contributed by atoms with Crippen LogP contribution in [-0.2, 0) is 17.6 Å². The van der Waals surface area contributed by atoms with Crippen molar-refractivity contribution < 1.29 is 4.79 Å². The van der Waals surface area contributed by atoms with Crippen LogP contribution >= 0.6 is 0 Å². The molecule has 88 valence electrons. The zero-order valence-corrected chi connectivity index (χ0v) is 9.81. The molecular formula is C13H15N3O. The standard InChI is InChI=1S/C13H15N3O/c1-9(8-15)16-12-3-2-10(4-5-14)6-11(12)7-13(16)17/h2-3,6,9H,4-5,7,14H2,1H3. The van der Waals surface area contributed by atoms with Gasteiger partial charge in [-0.3, -0.25) is 9.69 Å². The van der Waals surface area contributed by atoms with Crippen LogP contribution in [-0.4, -0.2) is 18.5 Å². The normalized spacial score (nSPS) is 15.6. The van der Waals surface area contributed by atoms with Crippen LogP contribution in [0.1, 0.15) is 18.1 Å². The topological polar surface area (TPSA) is 70.1 Å². The van der Waals surface area contributed by atoms with Crippen molar-refractivity contribution in [2.24, 2.45) is 5.73 Å². The average molecular weight is 229 g/mol. The molecule has 0 saturated carbocycles. The first kappa shape index (κ1) is 11.6. The van der Waals surface area contributed by atoms with Crippen molar-refractivity contribution in [1.82, 2.24) is 0 Å². The number of nitriles is 1. The van der Waals surface area contributed by atoms with E-state index in [1.165, 1.54) is 0 Å². The van der Waals surface area contributed by atoms with Crippen LogP contribution in [0.25, 0.3) is 0 Å². The van der Waals surface area contributed by atoms with Gasteiger partial charge in [0, 0.05) is 5.69 Å². The van der Waals surface area contributed by atoms with Crippen LogP contribution in [0.15, 0.2) is 18.2 Å². The fourth-order valence-electron chi connectivity index (χ4n) is 2.20. The van der Waals surface area contributed by atoms with Gasteiger partial charge in [-0.25, -0.2) is 0 Å². The number of anilines is 1. The largest absolute Gasteiger partial charge is 0.330 e. The van der Waals surface area contributed by atoms with E-state index >= 15 is 0 Å². The molecule has 0 saturated heterocycles. The molecule has 17 heavy (non-hydrogen) atoms. The number of amides is 1. The van der Waals surface area contributed by atoms with E-state index < -0.39 is 6.04 Å². The zero-order chi connectivity index (χ0) is 12.4. The highest BCUT2D eigenvalue weighted by atomic mass is 16.2. The Bertz CT molecular complexity index is 490. The highest BCUT2D eigenvalue weighted by Crippen LogP contribution is 2.31. The minimum absolute atomic E-state index is 0.000974. The van der Waals surface area contributed by atoms with Gasteiger partial charge < -0.3 is 5.73 Å². The summed E-state index contributed by atoms with van der Waals surface area (Å²) in [5, 5.41) is 8.92. The molecule has 1 aromatic carbocycles. The minimum atomic E-state index is -0.413. The lowest BCUT2D eigenvalue weighted by Gasteiger charge is -2.19. The smallest absolute Gasteiger partial charge is 0.232 e. The first-order chi connectivity index (χ1) is 8.17. The molecule has 2 N–H and O–H groups in total. The van der Waals surface area contributed by atoms with Gasteiger partial charge in [0.15, 0.2) is 0 Å². The predicted molar refractivity (Wildman–Crippen MR) is 65.5 cm³/mol. The number of carbonyl (C=O) groups is 1. The highest BCUT2D eigenvalue weighted by Gasteiger charge is 2.30. The van der Waals surface area contributed by atoms with E-state index in [4.69, 9.17) is 11.0 Å². The molecule has 4 nitrogen and oxygen atoms in total. The number of rotatable bonds is 3. The Kier molecular flexibility index (Phi) is 3.12. The summed E-state index contributed by atoms with van der Waals surface area (Å²) in [5.74, 6) is -0.000974. The maximum atomic E-state index is 11.9. The maximum absolute atomic E-state index is 11.9. The Morgan fingerprint density at radius 1 is 1.59 bits per heavy atom. The summed E-state index contributed by atoms with van der Waals surface area (Å²) in [4.78, 5) is 13.4. The molecule has 1 amide bonds. The SMILES string of the molecule is CC(C#N)N1C(=O)Cc2cc(CCN)ccc21. The number of fused-ring (bicyclic) bond motifs is 1. The van der Waals surface area contributed by atoms with Crippen LogP contribution in [0.3, 0.4) is 0 Å². The monoisotopic (exact) mass is 229 g/mol. The fraction of sp³-hybridized carbons (Fsp3) is 0.385. The number of nitrogens with zero attached hydrogens (tertiary/aromatic N) is 2. The quantitative estimate of drug-likeness (QED) is 0.840. The minimum Gasteiger partial charge on any atom is -0.330 e. The molecular weight excluding hydrogens is 214 g/mol. The van der Waals surface area contributed by atoms with Crippen molar-refractivity contribution in [3.05, 3.63) is 29.3 Å². The van der Waals surface area contributed by atoms with E-state index in [0.29, 0.717) is 13.0 Å². The summed E-state index contributed by atoms with van der Waals surface area (Å²) in [6, 6.07) is 7.60. The molecule has 4 heteroatoms. The van der Waals surface area contributed by atoms with E-state index in [1.54, 1.807) is 11.8 Å². The number of nitrogens with two attached hydrogens (primary N) is 1. The van der Waals surface area contributed by atoms with E-state index in [1.807, 2.05) is 18.2 Å². The highest BCUT2D eigenvalue weighted by molar-refractivity contribution is 6.02. The van der Waals surface area contributed by atoms with Crippen molar-refractivity contribution in [2.45, 2.75) is 25.8 Å². The fourth-order valence-corrected chi connectivity index (χ4v) is 2.20. The number of hydrogen-bond acceptors (Lipinski definition) is 3. The van der Waals surface area contributed by atoms with E-state index in [-0.39, 0.29) is 5.91 Å². The molecule has 1 atom stereocenters. The van der Waals surface area contributed by atoms with Crippen LogP contribution in [0.5, 0.6) is 0 Å². The lowest BCUT2D eigenvalue weighted by Crippen LogP contribution is -2.34. The summed E-state index contributed by atoms with van der Waals surface area (Å²) in [5.41, 5.74) is 8.52. The molecule has 1 aromatic rings. The molecule has 0 spiro atoms. The molecule has 1 aliphatic heterocycles. The van der Waals surface area contributed by atoms with Gasteiger partial charge in [-0.15, -0.1) is 0 Å². The van der Waals surface area contributed by atoms with Gasteiger partial charge in [-0.05, 0) is 37.1 Å². The third kappa shape index (κ3) is 2.02. The van der Waals surface area contributed by atoms with Gasteiger partial charge in [0.2, 0.25) is 5.91 Å². The van der Waals surface area contributed by atoms with Crippen LogP contribution < -0.4 is 10.6 Å². The maximum Gasteiger partial charge on any atom is 0.232 e. The molecule has 0 fully saturated rings. The first-order valence-corrected chi connectivity index (χ1v) is 5.71. The second-order valence-electron chi connectivity index (χ2n) is 4.25. The van der Waals surface area contributed by atoms with Gasteiger partial charge in [0.05, 0.1) is 12.5 Å². The van der Waals surface area contributed by atoms with Crippen molar-refractivity contribution >= 4 is 11.6 Å². The van der Waals surface area contributed by atoms with Gasteiger partial charge in [-0.2, -0.15) is 5.26 Å². The second kappa shape index (κ2) is 4.56. The number of benzene rings is 1. The van der Waals surface area contributed by atoms with Crippen LogP contribution in [0.2, 0.25) is 0 Å². The van der Waals surface area contributed by atoms with E-state index in [2.05, 4.69) is 6.07 Å². The predicted octanol–water partition coefficient (Wildman–Crippen LogP) is 0.989. The van der Waals surface area contributed by atoms with Crippen LogP contribution in [0.4, 0.5) is 5.69 Å². The first-order valence-electron chi connectivity index (χ1n) is 5.71. The summed E-state index contributed by atoms with van der Waals surface area (Å²) in [7, 11) is 0. The summed E-state index contributed by atoms with van der Waals surface area (Å²) in [6.07, 6.45) is 1.20. The van der Waals surface area contributed by atoms with Crippen LogP contribution in [0, 0.1) is 11.3 Å². The van der Waals surface area contributed by atoms with E-state index in [9.17, 15) is 4.79 Å². The Hall–Kier alpha value is -1.86. The molecule has 0 aliphatic carbocycles. The number of hydrogen-bond donors (Lipinski definition) is 1. The molecule has 1 heterocycles.